The lowest BCUT2D eigenvalue weighted by Crippen LogP contribution is -2.48. The molecular weight excluding hydrogens is 242 g/mol. The molecule has 1 aliphatic carbocycles. The van der Waals surface area contributed by atoms with Crippen LogP contribution in [0.1, 0.15) is 23.3 Å². The average molecular weight is 256 g/mol. The Labute approximate surface area is 104 Å². The molecule has 0 aliphatic heterocycles. The van der Waals surface area contributed by atoms with Crippen LogP contribution in [0.5, 0.6) is 0 Å². The molecular formula is C11H14ClN3O2. The highest BCUT2D eigenvalue weighted by atomic mass is 35.5. The van der Waals surface area contributed by atoms with Gasteiger partial charge < -0.3 is 15.2 Å². The lowest BCUT2D eigenvalue weighted by molar-refractivity contribution is -0.131. The molecule has 0 saturated heterocycles. The molecule has 2 N–H and O–H groups in total. The van der Waals surface area contributed by atoms with E-state index in [0.29, 0.717) is 23.6 Å². The van der Waals surface area contributed by atoms with E-state index in [1.165, 1.54) is 17.2 Å². The fraction of sp³-hybridized carbons (Fsp3) is 0.455. The molecule has 0 aromatic carbocycles. The second-order valence-corrected chi connectivity index (χ2v) is 4.90. The molecule has 5 nitrogen and oxygen atoms in total. The van der Waals surface area contributed by atoms with Gasteiger partial charge in [-0.3, -0.25) is 9.59 Å². The standard InChI is InChI=1S/C11H14ClN3O2/c1-15(2)10(17)11(3-4-11)14-9(16)8-5-7(12)6-13-8/h5-6,13H,3-4H2,1-2H3,(H,14,16). The van der Waals surface area contributed by atoms with E-state index < -0.39 is 5.54 Å². The Bertz CT molecular complexity index is 463. The molecule has 1 aliphatic rings. The normalized spacial score (nSPS) is 16.4. The first-order valence-electron chi connectivity index (χ1n) is 5.33. The summed E-state index contributed by atoms with van der Waals surface area (Å²) in [5.41, 5.74) is -0.342. The molecule has 0 atom stereocenters. The lowest BCUT2D eigenvalue weighted by atomic mass is 10.2. The average Bonchev–Trinajstić information content (AvgIpc) is 2.91. The second kappa shape index (κ2) is 4.07. The zero-order valence-electron chi connectivity index (χ0n) is 9.71. The number of rotatable bonds is 3. The molecule has 2 amide bonds. The summed E-state index contributed by atoms with van der Waals surface area (Å²) in [5, 5.41) is 3.23. The van der Waals surface area contributed by atoms with E-state index in [1.54, 1.807) is 14.1 Å². The predicted molar refractivity (Wildman–Crippen MR) is 63.9 cm³/mol. The molecule has 6 heteroatoms. The number of carbonyl (C=O) groups excluding carboxylic acids is 2. The Morgan fingerprint density at radius 2 is 2.12 bits per heavy atom. The van der Waals surface area contributed by atoms with Gasteiger partial charge in [-0.25, -0.2) is 0 Å². The van der Waals surface area contributed by atoms with Gasteiger partial charge >= 0.3 is 0 Å². The number of hydrogen-bond donors (Lipinski definition) is 2. The number of nitrogens with zero attached hydrogens (tertiary/aromatic N) is 1. The number of likely N-dealkylation sites (N-methyl/N-ethyl adjacent to an activating group) is 1. The van der Waals surface area contributed by atoms with E-state index in [4.69, 9.17) is 11.6 Å². The zero-order chi connectivity index (χ0) is 12.6. The fourth-order valence-electron chi connectivity index (χ4n) is 1.73. The zero-order valence-corrected chi connectivity index (χ0v) is 10.5. The van der Waals surface area contributed by atoms with Gasteiger partial charge in [-0.1, -0.05) is 11.6 Å². The highest BCUT2D eigenvalue weighted by molar-refractivity contribution is 6.31. The summed E-state index contributed by atoms with van der Waals surface area (Å²) in [4.78, 5) is 28.0. The van der Waals surface area contributed by atoms with E-state index in [-0.39, 0.29) is 11.8 Å². The van der Waals surface area contributed by atoms with Crippen LogP contribution in [0.4, 0.5) is 0 Å². The molecule has 0 bridgehead atoms. The van der Waals surface area contributed by atoms with Gasteiger partial charge in [0.1, 0.15) is 11.2 Å². The van der Waals surface area contributed by atoms with Crippen molar-refractivity contribution in [1.29, 1.82) is 0 Å². The Kier molecular flexibility index (Phi) is 2.87. The number of carbonyl (C=O) groups is 2. The van der Waals surface area contributed by atoms with Gasteiger partial charge in [0.2, 0.25) is 5.91 Å². The predicted octanol–water partition coefficient (Wildman–Crippen LogP) is 1.02. The first-order chi connectivity index (χ1) is 7.94. The number of halogens is 1. The van der Waals surface area contributed by atoms with Gasteiger partial charge in [-0.2, -0.15) is 0 Å². The van der Waals surface area contributed by atoms with Crippen molar-refractivity contribution < 1.29 is 9.59 Å². The van der Waals surface area contributed by atoms with Crippen LogP contribution in [0.2, 0.25) is 5.02 Å². The molecule has 92 valence electrons. The van der Waals surface area contributed by atoms with Crippen molar-refractivity contribution >= 4 is 23.4 Å². The van der Waals surface area contributed by atoms with Crippen LogP contribution >= 0.6 is 11.6 Å². The van der Waals surface area contributed by atoms with Crippen molar-refractivity contribution in [2.45, 2.75) is 18.4 Å². The van der Waals surface area contributed by atoms with Gasteiger partial charge in [0, 0.05) is 20.3 Å². The number of H-pyrrole nitrogens is 1. The summed E-state index contributed by atoms with van der Waals surface area (Å²) in [6, 6.07) is 1.53. The van der Waals surface area contributed by atoms with E-state index in [1.807, 2.05) is 0 Å². The monoisotopic (exact) mass is 255 g/mol. The molecule has 0 spiro atoms. The third kappa shape index (κ3) is 2.29. The molecule has 1 aromatic rings. The van der Waals surface area contributed by atoms with Crippen molar-refractivity contribution in [1.82, 2.24) is 15.2 Å². The van der Waals surface area contributed by atoms with Crippen LogP contribution in [0.15, 0.2) is 12.3 Å². The van der Waals surface area contributed by atoms with Crippen LogP contribution in [-0.2, 0) is 4.79 Å². The Balaban J connectivity index is 2.07. The van der Waals surface area contributed by atoms with E-state index >= 15 is 0 Å². The van der Waals surface area contributed by atoms with E-state index in [0.717, 1.165) is 0 Å². The smallest absolute Gasteiger partial charge is 0.268 e. The maximum absolute atomic E-state index is 11.9. The van der Waals surface area contributed by atoms with Gasteiger partial charge in [0.15, 0.2) is 0 Å². The Morgan fingerprint density at radius 1 is 1.47 bits per heavy atom. The topological polar surface area (TPSA) is 65.2 Å². The maximum atomic E-state index is 11.9. The Hall–Kier alpha value is -1.49. The molecule has 0 unspecified atom stereocenters. The number of nitrogens with one attached hydrogen (secondary N) is 2. The van der Waals surface area contributed by atoms with Crippen molar-refractivity contribution in [3.63, 3.8) is 0 Å². The van der Waals surface area contributed by atoms with E-state index in [9.17, 15) is 9.59 Å². The largest absolute Gasteiger partial charge is 0.356 e. The van der Waals surface area contributed by atoms with Crippen molar-refractivity contribution in [2.24, 2.45) is 0 Å². The summed E-state index contributed by atoms with van der Waals surface area (Å²) in [7, 11) is 3.36. The fourth-order valence-corrected chi connectivity index (χ4v) is 1.89. The van der Waals surface area contributed by atoms with Gasteiger partial charge in [0.05, 0.1) is 5.02 Å². The summed E-state index contributed by atoms with van der Waals surface area (Å²) in [5.74, 6) is -0.367. The van der Waals surface area contributed by atoms with Gasteiger partial charge in [0.25, 0.3) is 5.91 Å². The minimum absolute atomic E-state index is 0.0662. The number of aromatic amines is 1. The Morgan fingerprint density at radius 3 is 2.53 bits per heavy atom. The first-order valence-corrected chi connectivity index (χ1v) is 5.71. The molecule has 1 saturated carbocycles. The van der Waals surface area contributed by atoms with Crippen LogP contribution in [0, 0.1) is 0 Å². The number of hydrogen-bond acceptors (Lipinski definition) is 2. The highest BCUT2D eigenvalue weighted by Gasteiger charge is 2.52. The van der Waals surface area contributed by atoms with Crippen LogP contribution < -0.4 is 5.32 Å². The van der Waals surface area contributed by atoms with E-state index in [2.05, 4.69) is 10.3 Å². The highest BCUT2D eigenvalue weighted by Crippen LogP contribution is 2.37. The van der Waals surface area contributed by atoms with Gasteiger partial charge in [-0.15, -0.1) is 0 Å². The first kappa shape index (κ1) is 12.0. The second-order valence-electron chi connectivity index (χ2n) is 4.47. The van der Waals surface area contributed by atoms with Crippen molar-refractivity contribution in [2.75, 3.05) is 14.1 Å². The summed E-state index contributed by atoms with van der Waals surface area (Å²) >= 11 is 5.72. The molecule has 17 heavy (non-hydrogen) atoms. The number of amides is 2. The summed E-state index contributed by atoms with van der Waals surface area (Å²) in [6.45, 7) is 0. The summed E-state index contributed by atoms with van der Waals surface area (Å²) in [6.07, 6.45) is 2.90. The molecule has 0 radical (unpaired) electrons. The third-order valence-corrected chi connectivity index (χ3v) is 3.03. The minimum atomic E-state index is -0.710. The van der Waals surface area contributed by atoms with Crippen molar-refractivity contribution in [3.8, 4) is 0 Å². The minimum Gasteiger partial charge on any atom is -0.356 e. The molecule has 2 rings (SSSR count). The quantitative estimate of drug-likeness (QED) is 0.847. The molecule has 1 aromatic heterocycles. The molecule has 1 fully saturated rings. The third-order valence-electron chi connectivity index (χ3n) is 2.81. The van der Waals surface area contributed by atoms with Crippen molar-refractivity contribution in [3.05, 3.63) is 23.0 Å². The molecule has 1 heterocycles. The van der Waals surface area contributed by atoms with Gasteiger partial charge in [-0.05, 0) is 18.9 Å². The summed E-state index contributed by atoms with van der Waals surface area (Å²) < 4.78 is 0. The lowest BCUT2D eigenvalue weighted by Gasteiger charge is -2.20. The maximum Gasteiger partial charge on any atom is 0.268 e. The van der Waals surface area contributed by atoms with Crippen LogP contribution in [0.3, 0.4) is 0 Å². The number of aromatic nitrogens is 1. The SMILES string of the molecule is CN(C)C(=O)C1(NC(=O)c2cc(Cl)c[nH]2)CC1. The van der Waals surface area contributed by atoms with Crippen LogP contribution in [0.25, 0.3) is 0 Å². The van der Waals surface area contributed by atoms with Crippen LogP contribution in [-0.4, -0.2) is 41.3 Å².